The Morgan fingerprint density at radius 2 is 2.10 bits per heavy atom. The number of hydrogen-bond donors (Lipinski definition) is 2. The summed E-state index contributed by atoms with van der Waals surface area (Å²) in [5.74, 6) is 0.869. The average Bonchev–Trinajstić information content (AvgIpc) is 3.36. The summed E-state index contributed by atoms with van der Waals surface area (Å²) in [6.45, 7) is 11.3. The van der Waals surface area contributed by atoms with Gasteiger partial charge in [-0.15, -0.1) is 0 Å². The standard InChI is InChI=1S/C23H34N6O2/c1-5-24-21(28-13-10-20(17-28)27-22(30)31-23(2,3)4)25-15-18-8-6-9-19(14-18)16-29-12-7-11-26-29/h6-9,11-12,14,20H,5,10,13,15-17H2,1-4H3,(H,24,25)(H,27,30). The van der Waals surface area contributed by atoms with Crippen LogP contribution >= 0.6 is 0 Å². The van der Waals surface area contributed by atoms with E-state index in [9.17, 15) is 4.79 Å². The van der Waals surface area contributed by atoms with E-state index in [0.29, 0.717) is 13.1 Å². The Hall–Kier alpha value is -3.03. The molecule has 0 radical (unpaired) electrons. The summed E-state index contributed by atoms with van der Waals surface area (Å²) < 4.78 is 7.29. The Kier molecular flexibility index (Phi) is 7.55. The molecule has 1 aliphatic heterocycles. The van der Waals surface area contributed by atoms with Gasteiger partial charge in [0.15, 0.2) is 5.96 Å². The maximum absolute atomic E-state index is 12.1. The molecular weight excluding hydrogens is 392 g/mol. The minimum atomic E-state index is -0.495. The number of carbonyl (C=O) groups excluding carboxylic acids is 1. The smallest absolute Gasteiger partial charge is 0.407 e. The van der Waals surface area contributed by atoms with E-state index >= 15 is 0 Å². The number of nitrogens with zero attached hydrogens (tertiary/aromatic N) is 4. The zero-order valence-electron chi connectivity index (χ0n) is 19.0. The van der Waals surface area contributed by atoms with Gasteiger partial charge in [-0.05, 0) is 51.3 Å². The van der Waals surface area contributed by atoms with Gasteiger partial charge in [-0.2, -0.15) is 5.10 Å². The van der Waals surface area contributed by atoms with Crippen molar-refractivity contribution in [3.05, 3.63) is 53.9 Å². The van der Waals surface area contributed by atoms with Gasteiger partial charge in [-0.3, -0.25) is 4.68 Å². The zero-order valence-corrected chi connectivity index (χ0v) is 19.0. The lowest BCUT2D eigenvalue weighted by molar-refractivity contribution is 0.0507. The second-order valence-corrected chi connectivity index (χ2v) is 8.77. The summed E-state index contributed by atoms with van der Waals surface area (Å²) in [5, 5.41) is 10.6. The van der Waals surface area contributed by atoms with Gasteiger partial charge in [-0.1, -0.05) is 24.3 Å². The molecule has 2 N–H and O–H groups in total. The highest BCUT2D eigenvalue weighted by molar-refractivity contribution is 5.80. The van der Waals surface area contributed by atoms with Crippen molar-refractivity contribution in [3.8, 4) is 0 Å². The highest BCUT2D eigenvalue weighted by atomic mass is 16.6. The van der Waals surface area contributed by atoms with Gasteiger partial charge in [0.2, 0.25) is 0 Å². The minimum Gasteiger partial charge on any atom is -0.444 e. The third-order valence-electron chi connectivity index (χ3n) is 4.85. The molecule has 1 aromatic carbocycles. The number of hydrogen-bond acceptors (Lipinski definition) is 4. The summed E-state index contributed by atoms with van der Waals surface area (Å²) in [6.07, 6.45) is 4.25. The van der Waals surface area contributed by atoms with Crippen LogP contribution in [-0.2, 0) is 17.8 Å². The summed E-state index contributed by atoms with van der Waals surface area (Å²) in [5.41, 5.74) is 1.86. The average molecular weight is 427 g/mol. The van der Waals surface area contributed by atoms with Crippen LogP contribution in [-0.4, -0.2) is 58.0 Å². The molecule has 8 nitrogen and oxygen atoms in total. The number of rotatable bonds is 6. The van der Waals surface area contributed by atoms with Gasteiger partial charge >= 0.3 is 6.09 Å². The number of aliphatic imine (C=N–C) groups is 1. The maximum Gasteiger partial charge on any atom is 0.407 e. The zero-order chi connectivity index (χ0) is 22.3. The maximum atomic E-state index is 12.1. The Morgan fingerprint density at radius 1 is 1.29 bits per heavy atom. The van der Waals surface area contributed by atoms with Crippen LogP contribution in [0.1, 0.15) is 45.2 Å². The molecule has 1 saturated heterocycles. The Bertz CT molecular complexity index is 872. The first-order chi connectivity index (χ1) is 14.8. The molecule has 2 heterocycles. The van der Waals surface area contributed by atoms with Gasteiger partial charge in [0.05, 0.1) is 19.1 Å². The number of amides is 1. The minimum absolute atomic E-state index is 0.0519. The Labute approximate surface area is 184 Å². The highest BCUT2D eigenvalue weighted by Crippen LogP contribution is 2.13. The van der Waals surface area contributed by atoms with E-state index in [2.05, 4.69) is 51.8 Å². The van der Waals surface area contributed by atoms with Crippen LogP contribution in [0.4, 0.5) is 4.79 Å². The molecule has 1 amide bonds. The van der Waals surface area contributed by atoms with E-state index in [4.69, 9.17) is 9.73 Å². The fraction of sp³-hybridized carbons (Fsp3) is 0.522. The molecule has 2 aromatic rings. The fourth-order valence-corrected chi connectivity index (χ4v) is 3.54. The molecule has 0 aliphatic carbocycles. The van der Waals surface area contributed by atoms with Crippen molar-refractivity contribution in [3.63, 3.8) is 0 Å². The van der Waals surface area contributed by atoms with Crippen molar-refractivity contribution in [2.75, 3.05) is 19.6 Å². The fourth-order valence-electron chi connectivity index (χ4n) is 3.54. The number of guanidine groups is 1. The molecule has 1 atom stereocenters. The Balaban J connectivity index is 1.58. The number of aromatic nitrogens is 2. The Morgan fingerprint density at radius 3 is 2.81 bits per heavy atom. The summed E-state index contributed by atoms with van der Waals surface area (Å²) >= 11 is 0. The summed E-state index contributed by atoms with van der Waals surface area (Å²) in [6, 6.07) is 10.4. The summed E-state index contributed by atoms with van der Waals surface area (Å²) in [4.78, 5) is 19.1. The lowest BCUT2D eigenvalue weighted by Gasteiger charge is -2.23. The molecule has 8 heteroatoms. The quantitative estimate of drug-likeness (QED) is 0.548. The van der Waals surface area contributed by atoms with Crippen LogP contribution in [0.2, 0.25) is 0 Å². The molecule has 1 aromatic heterocycles. The molecule has 0 bridgehead atoms. The number of carbonyl (C=O) groups is 1. The van der Waals surface area contributed by atoms with E-state index in [1.165, 1.54) is 5.56 Å². The number of alkyl carbamates (subject to hydrolysis) is 1. The monoisotopic (exact) mass is 426 g/mol. The largest absolute Gasteiger partial charge is 0.444 e. The molecule has 1 aliphatic rings. The first-order valence-corrected chi connectivity index (χ1v) is 10.9. The van der Waals surface area contributed by atoms with E-state index < -0.39 is 5.60 Å². The van der Waals surface area contributed by atoms with Gasteiger partial charge in [0.1, 0.15) is 5.60 Å². The number of benzene rings is 1. The van der Waals surface area contributed by atoms with Crippen LogP contribution in [0.3, 0.4) is 0 Å². The predicted octanol–water partition coefficient (Wildman–Crippen LogP) is 3.00. The van der Waals surface area contributed by atoms with Crippen LogP contribution in [0.5, 0.6) is 0 Å². The van der Waals surface area contributed by atoms with Crippen molar-refractivity contribution < 1.29 is 9.53 Å². The van der Waals surface area contributed by atoms with Crippen LogP contribution < -0.4 is 10.6 Å². The van der Waals surface area contributed by atoms with Gasteiger partial charge in [0.25, 0.3) is 0 Å². The number of likely N-dealkylation sites (tertiary alicyclic amines) is 1. The number of ether oxygens (including phenoxy) is 1. The third kappa shape index (κ3) is 7.31. The lowest BCUT2D eigenvalue weighted by atomic mass is 10.1. The first kappa shape index (κ1) is 22.7. The molecule has 168 valence electrons. The molecular formula is C23H34N6O2. The van der Waals surface area contributed by atoms with Crippen molar-refractivity contribution in [1.82, 2.24) is 25.3 Å². The SMILES string of the molecule is CCNC(=NCc1cccc(Cn2cccn2)c1)N1CCC(NC(=O)OC(C)(C)C)C1. The van der Waals surface area contributed by atoms with E-state index in [-0.39, 0.29) is 12.1 Å². The van der Waals surface area contributed by atoms with E-state index in [1.54, 1.807) is 6.20 Å². The second kappa shape index (κ2) is 10.3. The molecule has 0 spiro atoms. The lowest BCUT2D eigenvalue weighted by Crippen LogP contribution is -2.44. The van der Waals surface area contributed by atoms with Crippen molar-refractivity contribution in [2.45, 2.75) is 58.8 Å². The molecule has 1 fully saturated rings. The normalized spacial score (nSPS) is 17.0. The topological polar surface area (TPSA) is 83.8 Å². The summed E-state index contributed by atoms with van der Waals surface area (Å²) in [7, 11) is 0. The number of nitrogens with one attached hydrogen (secondary N) is 2. The van der Waals surface area contributed by atoms with E-state index in [0.717, 1.165) is 37.6 Å². The van der Waals surface area contributed by atoms with Crippen LogP contribution in [0.25, 0.3) is 0 Å². The van der Waals surface area contributed by atoms with Crippen molar-refractivity contribution >= 4 is 12.1 Å². The second-order valence-electron chi connectivity index (χ2n) is 8.77. The van der Waals surface area contributed by atoms with Gasteiger partial charge in [-0.25, -0.2) is 9.79 Å². The van der Waals surface area contributed by atoms with Gasteiger partial charge < -0.3 is 20.3 Å². The first-order valence-electron chi connectivity index (χ1n) is 10.9. The molecule has 0 saturated carbocycles. The van der Waals surface area contributed by atoms with Crippen molar-refractivity contribution in [2.24, 2.45) is 4.99 Å². The third-order valence-corrected chi connectivity index (χ3v) is 4.85. The molecule has 3 rings (SSSR count). The van der Waals surface area contributed by atoms with Crippen LogP contribution in [0.15, 0.2) is 47.7 Å². The molecule has 1 unspecified atom stereocenters. The molecule has 31 heavy (non-hydrogen) atoms. The van der Waals surface area contributed by atoms with E-state index in [1.807, 2.05) is 37.7 Å². The van der Waals surface area contributed by atoms with Gasteiger partial charge in [0, 0.05) is 32.0 Å². The van der Waals surface area contributed by atoms with Crippen molar-refractivity contribution in [1.29, 1.82) is 0 Å². The van der Waals surface area contributed by atoms with Crippen LogP contribution in [0, 0.1) is 0 Å². The predicted molar refractivity (Wildman–Crippen MR) is 122 cm³/mol. The highest BCUT2D eigenvalue weighted by Gasteiger charge is 2.27.